The molecule has 0 aliphatic rings. The summed E-state index contributed by atoms with van der Waals surface area (Å²) in [6, 6.07) is 0. The van der Waals surface area contributed by atoms with Crippen molar-refractivity contribution in [3.8, 4) is 0 Å². The Kier molecular flexibility index (Phi) is 4.75. The molecule has 0 fully saturated rings. The van der Waals surface area contributed by atoms with Gasteiger partial charge < -0.3 is 19.3 Å². The number of carbonyl (C=O) groups is 1. The number of aliphatic carboxylic acids is 1. The van der Waals surface area contributed by atoms with Crippen molar-refractivity contribution in [2.24, 2.45) is 0 Å². The second-order valence-corrected chi connectivity index (χ2v) is 1.92. The van der Waals surface area contributed by atoms with Crippen LogP contribution in [0.4, 0.5) is 0 Å². The second-order valence-electron chi connectivity index (χ2n) is 1.92. The molecule has 0 aliphatic carbocycles. The van der Waals surface area contributed by atoms with Gasteiger partial charge in [-0.15, -0.1) is 0 Å². The molecule has 0 saturated heterocycles. The van der Waals surface area contributed by atoms with Crippen molar-refractivity contribution in [3.63, 3.8) is 0 Å². The van der Waals surface area contributed by atoms with Crippen LogP contribution in [-0.4, -0.2) is 45.0 Å². The quantitative estimate of drug-likeness (QED) is 0.520. The first-order chi connectivity index (χ1) is 5.60. The molecule has 6 heteroatoms. The summed E-state index contributed by atoms with van der Waals surface area (Å²) in [4.78, 5) is 10.2. The number of rotatable bonds is 6. The lowest BCUT2D eigenvalue weighted by atomic mass is 10.6. The molecule has 0 saturated carbocycles. The zero-order chi connectivity index (χ0) is 9.61. The number of carboxylic acid groups (broad SMARTS) is 1. The number of carboxylic acids is 1. The topological polar surface area (TPSA) is 77.0 Å². The Hall–Kier alpha value is -0.690. The number of ether oxygens (including phenoxy) is 3. The van der Waals surface area contributed by atoms with Gasteiger partial charge in [0.1, 0.15) is 6.54 Å². The van der Waals surface area contributed by atoms with Gasteiger partial charge in [0, 0.05) is 21.3 Å². The van der Waals surface area contributed by atoms with Crippen LogP contribution in [0.2, 0.25) is 0 Å². The molecule has 0 heterocycles. The summed E-state index contributed by atoms with van der Waals surface area (Å²) in [6.45, 7) is -0.310. The van der Waals surface area contributed by atoms with Gasteiger partial charge in [-0.25, -0.2) is 5.32 Å². The van der Waals surface area contributed by atoms with E-state index in [1.165, 1.54) is 21.3 Å². The Bertz CT molecular complexity index is 137. The summed E-state index contributed by atoms with van der Waals surface area (Å²) in [6.07, 6.45) is -1.47. The van der Waals surface area contributed by atoms with E-state index in [9.17, 15) is 4.79 Å². The first-order valence-electron chi connectivity index (χ1n) is 3.22. The first-order valence-corrected chi connectivity index (χ1v) is 3.22. The summed E-state index contributed by atoms with van der Waals surface area (Å²) in [5, 5.41) is 10.7. The van der Waals surface area contributed by atoms with Crippen LogP contribution in [0.25, 0.3) is 0 Å². The van der Waals surface area contributed by atoms with E-state index in [1.54, 1.807) is 0 Å². The van der Waals surface area contributed by atoms with Crippen LogP contribution < -0.4 is 5.32 Å². The molecule has 0 aromatic rings. The van der Waals surface area contributed by atoms with Crippen LogP contribution in [-0.2, 0) is 19.0 Å². The lowest BCUT2D eigenvalue weighted by molar-refractivity contribution is -0.369. The van der Waals surface area contributed by atoms with Crippen LogP contribution in [0.1, 0.15) is 0 Å². The van der Waals surface area contributed by atoms with Gasteiger partial charge in [-0.3, -0.25) is 4.79 Å². The van der Waals surface area contributed by atoms with E-state index in [2.05, 4.69) is 5.32 Å². The molecule has 0 bridgehead atoms. The van der Waals surface area contributed by atoms with Crippen LogP contribution >= 0.6 is 0 Å². The van der Waals surface area contributed by atoms with Gasteiger partial charge in [-0.1, -0.05) is 0 Å². The van der Waals surface area contributed by atoms with E-state index in [0.717, 1.165) is 0 Å². The number of methoxy groups -OCH3 is 3. The molecule has 2 N–H and O–H groups in total. The molecule has 12 heavy (non-hydrogen) atoms. The van der Waals surface area contributed by atoms with Crippen molar-refractivity contribution in [2.45, 2.75) is 6.10 Å². The van der Waals surface area contributed by atoms with Crippen molar-refractivity contribution < 1.29 is 24.1 Å². The van der Waals surface area contributed by atoms with Crippen molar-refractivity contribution >= 4 is 5.97 Å². The highest BCUT2D eigenvalue weighted by Gasteiger charge is 2.29. The molecular formula is C6H13NO5. The molecule has 0 unspecified atom stereocenters. The molecule has 0 aromatic heterocycles. The lowest BCUT2D eigenvalue weighted by Gasteiger charge is -2.28. The fourth-order valence-electron chi connectivity index (χ4n) is 0.650. The van der Waals surface area contributed by atoms with Gasteiger partial charge >= 0.3 is 12.1 Å². The highest BCUT2D eigenvalue weighted by Crippen LogP contribution is 2.06. The summed E-state index contributed by atoms with van der Waals surface area (Å²) >= 11 is 0. The van der Waals surface area contributed by atoms with Gasteiger partial charge in [-0.05, 0) is 0 Å². The molecular weight excluding hydrogens is 166 g/mol. The highest BCUT2D eigenvalue weighted by molar-refractivity contribution is 5.69. The van der Waals surface area contributed by atoms with Crippen LogP contribution in [0.3, 0.4) is 0 Å². The van der Waals surface area contributed by atoms with E-state index >= 15 is 0 Å². The van der Waals surface area contributed by atoms with E-state index in [0.29, 0.717) is 0 Å². The predicted molar refractivity (Wildman–Crippen MR) is 39.4 cm³/mol. The van der Waals surface area contributed by atoms with Gasteiger partial charge in [0.05, 0.1) is 0 Å². The monoisotopic (exact) mass is 179 g/mol. The number of hydrogen-bond donors (Lipinski definition) is 2. The Balaban J connectivity index is 4.01. The third-order valence-corrected chi connectivity index (χ3v) is 1.26. The summed E-state index contributed by atoms with van der Waals surface area (Å²) < 4.78 is 14.3. The Labute approximate surface area is 70.4 Å². The third-order valence-electron chi connectivity index (χ3n) is 1.26. The van der Waals surface area contributed by atoms with Crippen molar-refractivity contribution in [1.82, 2.24) is 5.32 Å². The Morgan fingerprint density at radius 3 is 2.00 bits per heavy atom. The first kappa shape index (κ1) is 11.3. The zero-order valence-corrected chi connectivity index (χ0v) is 7.29. The molecule has 0 amide bonds. The van der Waals surface area contributed by atoms with Gasteiger partial charge in [0.2, 0.25) is 0 Å². The maximum absolute atomic E-state index is 10.2. The molecule has 72 valence electrons. The number of hydrogen-bond acceptors (Lipinski definition) is 5. The maximum atomic E-state index is 10.2. The SMILES string of the molecule is COC(NCC(=O)O)(OC)OC. The standard InChI is InChI=1S/C6H13NO5/c1-10-6(11-2,12-3)7-4-5(8)9/h7H,4H2,1-3H3,(H,8,9). The molecule has 0 radical (unpaired) electrons. The van der Waals surface area contributed by atoms with Crippen LogP contribution in [0, 0.1) is 0 Å². The van der Waals surface area contributed by atoms with Gasteiger partial charge in [0.25, 0.3) is 0 Å². The fourth-order valence-corrected chi connectivity index (χ4v) is 0.650. The fraction of sp³-hybridized carbons (Fsp3) is 0.833. The lowest BCUT2D eigenvalue weighted by Crippen LogP contribution is -2.52. The summed E-state index contributed by atoms with van der Waals surface area (Å²) in [5.41, 5.74) is 0. The van der Waals surface area contributed by atoms with E-state index < -0.39 is 12.1 Å². The van der Waals surface area contributed by atoms with Crippen molar-refractivity contribution in [1.29, 1.82) is 0 Å². The molecule has 0 aromatic carbocycles. The van der Waals surface area contributed by atoms with E-state index in [4.69, 9.17) is 19.3 Å². The second kappa shape index (κ2) is 5.04. The summed E-state index contributed by atoms with van der Waals surface area (Å²) in [5.74, 6) is -1.02. The molecule has 0 rings (SSSR count). The predicted octanol–water partition coefficient (Wildman–Crippen LogP) is -0.789. The van der Waals surface area contributed by atoms with Crippen molar-refractivity contribution in [3.05, 3.63) is 0 Å². The molecule has 0 atom stereocenters. The Morgan fingerprint density at radius 1 is 1.33 bits per heavy atom. The van der Waals surface area contributed by atoms with E-state index in [-0.39, 0.29) is 6.54 Å². The average Bonchev–Trinajstić information content (AvgIpc) is 2.08. The minimum Gasteiger partial charge on any atom is -0.480 e. The summed E-state index contributed by atoms with van der Waals surface area (Å²) in [7, 11) is 4.01. The minimum absolute atomic E-state index is 0.310. The third kappa shape index (κ3) is 3.14. The molecule has 0 spiro atoms. The highest BCUT2D eigenvalue weighted by atomic mass is 16.9. The van der Waals surface area contributed by atoms with Gasteiger partial charge in [-0.2, -0.15) is 0 Å². The van der Waals surface area contributed by atoms with Crippen LogP contribution in [0.5, 0.6) is 0 Å². The Morgan fingerprint density at radius 2 is 1.75 bits per heavy atom. The normalized spacial score (nSPS) is 11.6. The van der Waals surface area contributed by atoms with E-state index in [1.807, 2.05) is 0 Å². The smallest absolute Gasteiger partial charge is 0.350 e. The largest absolute Gasteiger partial charge is 0.480 e. The zero-order valence-electron chi connectivity index (χ0n) is 7.29. The number of nitrogens with one attached hydrogen (secondary N) is 1. The molecule has 0 aliphatic heterocycles. The maximum Gasteiger partial charge on any atom is 0.350 e. The van der Waals surface area contributed by atoms with Crippen LogP contribution in [0.15, 0.2) is 0 Å². The minimum atomic E-state index is -1.47. The van der Waals surface area contributed by atoms with Gasteiger partial charge in [0.15, 0.2) is 0 Å². The average molecular weight is 179 g/mol. The molecule has 6 nitrogen and oxygen atoms in total. The van der Waals surface area contributed by atoms with Crippen molar-refractivity contribution in [2.75, 3.05) is 27.9 Å².